The van der Waals surface area contributed by atoms with Crippen molar-refractivity contribution in [2.75, 3.05) is 7.11 Å². The molecule has 0 amide bonds. The minimum Gasteiger partial charge on any atom is -0.465 e. The highest BCUT2D eigenvalue weighted by atomic mass is 35.5. The number of alkyl halides is 1. The van der Waals surface area contributed by atoms with Crippen LogP contribution in [0.4, 0.5) is 0 Å². The first-order chi connectivity index (χ1) is 10.1. The number of carbonyl (C=O) groups excluding carboxylic acids is 2. The van der Waals surface area contributed by atoms with Gasteiger partial charge in [0, 0.05) is 16.2 Å². The zero-order chi connectivity index (χ0) is 15.4. The van der Waals surface area contributed by atoms with Crippen LogP contribution < -0.4 is 0 Å². The second-order valence-corrected chi connectivity index (χ2v) is 7.48. The normalized spacial score (nSPS) is 28.5. The fourth-order valence-corrected chi connectivity index (χ4v) is 4.74. The predicted molar refractivity (Wildman–Crippen MR) is 85.1 cm³/mol. The Bertz CT molecular complexity index is 499. The molecule has 0 saturated heterocycles. The molecule has 21 heavy (non-hydrogen) atoms. The smallest absolute Gasteiger partial charge is 0.348 e. The molecule has 0 aliphatic heterocycles. The van der Waals surface area contributed by atoms with Gasteiger partial charge in [0.2, 0.25) is 0 Å². The zero-order valence-electron chi connectivity index (χ0n) is 12.4. The fraction of sp³-hybridized carbons (Fsp3) is 0.625. The average Bonchev–Trinajstić information content (AvgIpc) is 3.03. The Morgan fingerprint density at radius 3 is 2.95 bits per heavy atom. The number of aryl methyl sites for hydroxylation is 1. The standard InChI is InChI=1S/C16H21ClO3S/c1-10-8-14(17)12(13(10)9-18)5-3-4-11-6-7-15(21-11)16(19)20-2/h6-7,9-10,12-14H,3-5,8H2,1-2H3/t10-,12?,13+,14-/m1/s1. The van der Waals surface area contributed by atoms with Crippen molar-refractivity contribution in [3.8, 4) is 0 Å². The topological polar surface area (TPSA) is 43.4 Å². The van der Waals surface area contributed by atoms with E-state index in [2.05, 4.69) is 6.92 Å². The van der Waals surface area contributed by atoms with E-state index < -0.39 is 0 Å². The van der Waals surface area contributed by atoms with Crippen LogP contribution in [0.25, 0.3) is 0 Å². The van der Waals surface area contributed by atoms with E-state index >= 15 is 0 Å². The number of rotatable bonds is 6. The minimum absolute atomic E-state index is 0.0986. The molecule has 1 aliphatic carbocycles. The third-order valence-electron chi connectivity index (χ3n) is 4.38. The van der Waals surface area contributed by atoms with Crippen LogP contribution in [0.1, 0.15) is 40.7 Å². The SMILES string of the molecule is COC(=O)c1ccc(CCCC2[C@H](Cl)C[C@@H](C)[C@@H]2C=O)s1. The Labute approximate surface area is 134 Å². The first-order valence-corrected chi connectivity index (χ1v) is 8.58. The number of thiophene rings is 1. The number of halogens is 1. The fourth-order valence-electron chi connectivity index (χ4n) is 3.19. The molecule has 4 atom stereocenters. The van der Waals surface area contributed by atoms with E-state index in [0.29, 0.717) is 16.7 Å². The molecular formula is C16H21ClO3S. The molecule has 1 aromatic heterocycles. The monoisotopic (exact) mass is 328 g/mol. The molecule has 0 bridgehead atoms. The summed E-state index contributed by atoms with van der Waals surface area (Å²) < 4.78 is 4.70. The molecule has 2 rings (SSSR count). The van der Waals surface area contributed by atoms with Gasteiger partial charge in [-0.05, 0) is 49.7 Å². The first kappa shape index (κ1) is 16.5. The number of methoxy groups -OCH3 is 1. The number of hydrogen-bond donors (Lipinski definition) is 0. The summed E-state index contributed by atoms with van der Waals surface area (Å²) in [7, 11) is 1.39. The van der Waals surface area contributed by atoms with E-state index in [-0.39, 0.29) is 17.3 Å². The number of ether oxygens (including phenoxy) is 1. The highest BCUT2D eigenvalue weighted by molar-refractivity contribution is 7.13. The third kappa shape index (κ3) is 3.86. The average molecular weight is 329 g/mol. The quantitative estimate of drug-likeness (QED) is 0.451. The van der Waals surface area contributed by atoms with E-state index in [0.717, 1.165) is 32.0 Å². The van der Waals surface area contributed by atoms with Gasteiger partial charge in [-0.2, -0.15) is 0 Å². The van der Waals surface area contributed by atoms with Crippen molar-refractivity contribution in [3.63, 3.8) is 0 Å². The van der Waals surface area contributed by atoms with Crippen molar-refractivity contribution in [2.24, 2.45) is 17.8 Å². The van der Waals surface area contributed by atoms with Crippen molar-refractivity contribution in [3.05, 3.63) is 21.9 Å². The van der Waals surface area contributed by atoms with Crippen molar-refractivity contribution in [1.82, 2.24) is 0 Å². The molecule has 1 heterocycles. The van der Waals surface area contributed by atoms with Gasteiger partial charge in [-0.25, -0.2) is 4.79 Å². The van der Waals surface area contributed by atoms with Gasteiger partial charge in [0.15, 0.2) is 0 Å². The Kier molecular flexibility index (Phi) is 5.82. The van der Waals surface area contributed by atoms with Gasteiger partial charge in [-0.3, -0.25) is 0 Å². The largest absolute Gasteiger partial charge is 0.465 e. The van der Waals surface area contributed by atoms with Gasteiger partial charge in [0.1, 0.15) is 11.2 Å². The number of hydrogen-bond acceptors (Lipinski definition) is 4. The number of aldehydes is 1. The number of esters is 1. The lowest BCUT2D eigenvalue weighted by Gasteiger charge is -2.18. The Hall–Kier alpha value is -0.870. The van der Waals surface area contributed by atoms with Gasteiger partial charge in [-0.15, -0.1) is 22.9 Å². The summed E-state index contributed by atoms with van der Waals surface area (Å²) >= 11 is 7.85. The predicted octanol–water partition coefficient (Wildman–Crippen LogP) is 3.94. The maximum absolute atomic E-state index is 11.4. The van der Waals surface area contributed by atoms with Crippen LogP contribution in [0.2, 0.25) is 0 Å². The number of carbonyl (C=O) groups is 2. The summed E-state index contributed by atoms with van der Waals surface area (Å²) in [6, 6.07) is 3.78. The van der Waals surface area contributed by atoms with Gasteiger partial charge < -0.3 is 9.53 Å². The maximum Gasteiger partial charge on any atom is 0.348 e. The van der Waals surface area contributed by atoms with Crippen molar-refractivity contribution in [1.29, 1.82) is 0 Å². The lowest BCUT2D eigenvalue weighted by Crippen LogP contribution is -2.18. The van der Waals surface area contributed by atoms with Crippen LogP contribution in [-0.4, -0.2) is 24.7 Å². The molecule has 3 nitrogen and oxygen atoms in total. The highest BCUT2D eigenvalue weighted by Crippen LogP contribution is 2.41. The Balaban J connectivity index is 1.85. The van der Waals surface area contributed by atoms with Gasteiger partial charge in [0.05, 0.1) is 7.11 Å². The van der Waals surface area contributed by atoms with Gasteiger partial charge >= 0.3 is 5.97 Å². The lowest BCUT2D eigenvalue weighted by molar-refractivity contribution is -0.113. The van der Waals surface area contributed by atoms with E-state index in [4.69, 9.17) is 16.3 Å². The van der Waals surface area contributed by atoms with Crippen LogP contribution >= 0.6 is 22.9 Å². The summed E-state index contributed by atoms with van der Waals surface area (Å²) in [5.74, 6) is 0.501. The third-order valence-corrected chi connectivity index (χ3v) is 6.01. The minimum atomic E-state index is -0.280. The molecule has 116 valence electrons. The van der Waals surface area contributed by atoms with Crippen LogP contribution in [0.5, 0.6) is 0 Å². The lowest BCUT2D eigenvalue weighted by atomic mass is 9.88. The van der Waals surface area contributed by atoms with Crippen molar-refractivity contribution >= 4 is 35.2 Å². The van der Waals surface area contributed by atoms with E-state index in [1.54, 1.807) is 0 Å². The van der Waals surface area contributed by atoms with Crippen LogP contribution in [0.15, 0.2) is 12.1 Å². The Morgan fingerprint density at radius 2 is 2.29 bits per heavy atom. The molecule has 1 aliphatic rings. The molecule has 1 saturated carbocycles. The second kappa shape index (κ2) is 7.41. The summed E-state index contributed by atoms with van der Waals surface area (Å²) in [5.41, 5.74) is 0. The first-order valence-electron chi connectivity index (χ1n) is 7.33. The molecule has 1 aromatic rings. The Morgan fingerprint density at radius 1 is 1.52 bits per heavy atom. The summed E-state index contributed by atoms with van der Waals surface area (Å²) in [5, 5.41) is 0.115. The van der Waals surface area contributed by atoms with Crippen LogP contribution in [0.3, 0.4) is 0 Å². The summed E-state index contributed by atoms with van der Waals surface area (Å²) in [6.07, 6.45) is 4.89. The molecule has 0 spiro atoms. The van der Waals surface area contributed by atoms with Crippen LogP contribution in [0, 0.1) is 17.8 Å². The molecule has 1 unspecified atom stereocenters. The van der Waals surface area contributed by atoms with Crippen molar-refractivity contribution < 1.29 is 14.3 Å². The van der Waals surface area contributed by atoms with Gasteiger partial charge in [0.25, 0.3) is 0 Å². The summed E-state index contributed by atoms with van der Waals surface area (Å²) in [4.78, 5) is 24.4. The molecular weight excluding hydrogens is 308 g/mol. The highest BCUT2D eigenvalue weighted by Gasteiger charge is 2.39. The van der Waals surface area contributed by atoms with Crippen molar-refractivity contribution in [2.45, 2.75) is 38.0 Å². The molecule has 5 heteroatoms. The van der Waals surface area contributed by atoms with E-state index in [1.165, 1.54) is 23.3 Å². The van der Waals surface area contributed by atoms with Crippen LogP contribution in [-0.2, 0) is 16.0 Å². The second-order valence-electron chi connectivity index (χ2n) is 5.76. The summed E-state index contributed by atoms with van der Waals surface area (Å²) in [6.45, 7) is 2.11. The molecule has 0 aromatic carbocycles. The molecule has 0 N–H and O–H groups in total. The molecule has 0 radical (unpaired) electrons. The van der Waals surface area contributed by atoms with Gasteiger partial charge in [-0.1, -0.05) is 6.92 Å². The van der Waals surface area contributed by atoms with E-state index in [1.807, 2.05) is 12.1 Å². The zero-order valence-corrected chi connectivity index (χ0v) is 14.0. The molecule has 1 fully saturated rings. The maximum atomic E-state index is 11.4. The van der Waals surface area contributed by atoms with E-state index in [9.17, 15) is 9.59 Å².